The molecule has 2 heterocycles. The largest absolute Gasteiger partial charge is 0.378 e. The smallest absolute Gasteiger partial charge is 0.317 e. The summed E-state index contributed by atoms with van der Waals surface area (Å²) in [4.78, 5) is 26.3. The fraction of sp³-hybridized carbons (Fsp3) is 0.500. The summed E-state index contributed by atoms with van der Waals surface area (Å²) in [6.07, 6.45) is 7.27. The average Bonchev–Trinajstić information content (AvgIpc) is 3.51. The number of rotatable bonds is 8. The SMILES string of the molecule is C#CCCC1(CCNC(=O)c2cccc(CNC(=O)N3CCOCC3)c2)N=N1. The van der Waals surface area contributed by atoms with Crippen LogP contribution in [-0.4, -0.2) is 55.3 Å². The summed E-state index contributed by atoms with van der Waals surface area (Å²) >= 11 is 0. The van der Waals surface area contributed by atoms with Gasteiger partial charge in [-0.3, -0.25) is 4.79 Å². The van der Waals surface area contributed by atoms with E-state index >= 15 is 0 Å². The van der Waals surface area contributed by atoms with Crippen molar-refractivity contribution in [2.24, 2.45) is 10.2 Å². The number of urea groups is 1. The number of amides is 3. The molecule has 28 heavy (non-hydrogen) atoms. The molecule has 2 N–H and O–H groups in total. The number of carbonyl (C=O) groups excluding carboxylic acids is 2. The molecule has 0 radical (unpaired) electrons. The average molecular weight is 383 g/mol. The van der Waals surface area contributed by atoms with Crippen LogP contribution in [0.25, 0.3) is 0 Å². The van der Waals surface area contributed by atoms with Gasteiger partial charge in [-0.05, 0) is 17.7 Å². The van der Waals surface area contributed by atoms with Gasteiger partial charge in [-0.1, -0.05) is 12.1 Å². The quantitative estimate of drug-likeness (QED) is 0.672. The standard InChI is InChI=1S/C20H25N5O3/c1-2-3-7-20(23-24-20)8-9-21-18(26)17-6-4-5-16(14-17)15-22-19(27)25-10-12-28-13-11-25/h1,4-6,14H,3,7-13,15H2,(H,21,26)(H,22,27). The van der Waals surface area contributed by atoms with Crippen LogP contribution < -0.4 is 10.6 Å². The Morgan fingerprint density at radius 1 is 1.21 bits per heavy atom. The number of nitrogens with zero attached hydrogens (tertiary/aromatic N) is 3. The van der Waals surface area contributed by atoms with Crippen LogP contribution in [0.3, 0.4) is 0 Å². The first-order chi connectivity index (χ1) is 13.6. The summed E-state index contributed by atoms with van der Waals surface area (Å²) in [6.45, 7) is 3.16. The lowest BCUT2D eigenvalue weighted by atomic mass is 10.0. The molecule has 148 valence electrons. The molecule has 0 atom stereocenters. The number of nitrogens with one attached hydrogen (secondary N) is 2. The van der Waals surface area contributed by atoms with Crippen molar-refractivity contribution in [2.45, 2.75) is 31.5 Å². The van der Waals surface area contributed by atoms with Crippen LogP contribution in [0.5, 0.6) is 0 Å². The van der Waals surface area contributed by atoms with Crippen LogP contribution in [0.1, 0.15) is 35.2 Å². The van der Waals surface area contributed by atoms with Gasteiger partial charge in [-0.15, -0.1) is 12.3 Å². The highest BCUT2D eigenvalue weighted by molar-refractivity contribution is 5.94. The fourth-order valence-electron chi connectivity index (χ4n) is 3.02. The van der Waals surface area contributed by atoms with Gasteiger partial charge in [0, 0.05) is 51.0 Å². The van der Waals surface area contributed by atoms with Crippen molar-refractivity contribution >= 4 is 11.9 Å². The van der Waals surface area contributed by atoms with Gasteiger partial charge in [-0.2, -0.15) is 10.2 Å². The molecule has 8 heteroatoms. The van der Waals surface area contributed by atoms with Crippen molar-refractivity contribution in [3.8, 4) is 12.3 Å². The first-order valence-electron chi connectivity index (χ1n) is 9.47. The first-order valence-corrected chi connectivity index (χ1v) is 9.47. The van der Waals surface area contributed by atoms with E-state index in [-0.39, 0.29) is 11.9 Å². The predicted octanol–water partition coefficient (Wildman–Crippen LogP) is 1.92. The summed E-state index contributed by atoms with van der Waals surface area (Å²) in [5.74, 6) is 2.43. The van der Waals surface area contributed by atoms with Gasteiger partial charge in [0.05, 0.1) is 13.2 Å². The maximum atomic E-state index is 12.4. The van der Waals surface area contributed by atoms with E-state index in [4.69, 9.17) is 11.2 Å². The normalized spacial score (nSPS) is 16.9. The fourth-order valence-corrected chi connectivity index (χ4v) is 3.02. The minimum Gasteiger partial charge on any atom is -0.378 e. The van der Waals surface area contributed by atoms with E-state index in [1.54, 1.807) is 17.0 Å². The Bertz CT molecular complexity index is 774. The zero-order valence-corrected chi connectivity index (χ0v) is 15.8. The molecule has 0 bridgehead atoms. The van der Waals surface area contributed by atoms with Gasteiger partial charge in [0.2, 0.25) is 0 Å². The molecule has 0 spiro atoms. The summed E-state index contributed by atoms with van der Waals surface area (Å²) in [5.41, 5.74) is 1.03. The highest BCUT2D eigenvalue weighted by Gasteiger charge is 2.38. The third-order valence-corrected chi connectivity index (χ3v) is 4.79. The topological polar surface area (TPSA) is 95.4 Å². The first kappa shape index (κ1) is 19.8. The molecule has 0 aliphatic carbocycles. The lowest BCUT2D eigenvalue weighted by Gasteiger charge is -2.26. The van der Waals surface area contributed by atoms with Crippen LogP contribution in [0.4, 0.5) is 4.79 Å². The summed E-state index contributed by atoms with van der Waals surface area (Å²) in [7, 11) is 0. The molecule has 3 amide bonds. The van der Waals surface area contributed by atoms with Gasteiger partial charge in [0.15, 0.2) is 5.66 Å². The molecule has 0 saturated carbocycles. The number of carbonyl (C=O) groups is 2. The van der Waals surface area contributed by atoms with Gasteiger partial charge in [-0.25, -0.2) is 4.79 Å². The van der Waals surface area contributed by atoms with Crippen LogP contribution >= 0.6 is 0 Å². The molecular formula is C20H25N5O3. The summed E-state index contributed by atoms with van der Waals surface area (Å²) < 4.78 is 5.24. The number of benzene rings is 1. The molecule has 2 aliphatic rings. The highest BCUT2D eigenvalue weighted by atomic mass is 16.5. The number of hydrogen-bond donors (Lipinski definition) is 2. The Morgan fingerprint density at radius 2 is 2.00 bits per heavy atom. The third kappa shape index (κ3) is 5.54. The van der Waals surface area contributed by atoms with E-state index in [0.29, 0.717) is 57.8 Å². The zero-order valence-electron chi connectivity index (χ0n) is 15.8. The van der Waals surface area contributed by atoms with E-state index in [9.17, 15) is 9.59 Å². The Labute approximate surface area is 164 Å². The van der Waals surface area contributed by atoms with Crippen molar-refractivity contribution in [3.63, 3.8) is 0 Å². The Hall–Kier alpha value is -2.92. The maximum Gasteiger partial charge on any atom is 0.317 e. The lowest BCUT2D eigenvalue weighted by Crippen LogP contribution is -2.45. The van der Waals surface area contributed by atoms with E-state index in [0.717, 1.165) is 12.0 Å². The molecule has 0 aromatic heterocycles. The van der Waals surface area contributed by atoms with Crippen molar-refractivity contribution in [1.82, 2.24) is 15.5 Å². The molecule has 1 aromatic carbocycles. The molecule has 1 aromatic rings. The van der Waals surface area contributed by atoms with Crippen molar-refractivity contribution in [3.05, 3.63) is 35.4 Å². The Kier molecular flexibility index (Phi) is 6.61. The lowest BCUT2D eigenvalue weighted by molar-refractivity contribution is 0.0531. The van der Waals surface area contributed by atoms with Crippen molar-refractivity contribution < 1.29 is 14.3 Å². The molecule has 1 saturated heterocycles. The molecule has 2 aliphatic heterocycles. The van der Waals surface area contributed by atoms with Crippen LogP contribution in [0.2, 0.25) is 0 Å². The van der Waals surface area contributed by atoms with Crippen LogP contribution in [0, 0.1) is 12.3 Å². The summed E-state index contributed by atoms with van der Waals surface area (Å²) in [5, 5.41) is 13.9. The molecular weight excluding hydrogens is 358 g/mol. The van der Waals surface area contributed by atoms with E-state index in [1.165, 1.54) is 0 Å². The summed E-state index contributed by atoms with van der Waals surface area (Å²) in [6, 6.07) is 7.11. The second-order valence-electron chi connectivity index (χ2n) is 6.85. The van der Waals surface area contributed by atoms with Crippen LogP contribution in [0.15, 0.2) is 34.5 Å². The van der Waals surface area contributed by atoms with E-state index in [1.807, 2.05) is 12.1 Å². The van der Waals surface area contributed by atoms with Gasteiger partial charge < -0.3 is 20.3 Å². The molecule has 0 unspecified atom stereocenters. The van der Waals surface area contributed by atoms with Crippen molar-refractivity contribution in [2.75, 3.05) is 32.8 Å². The number of terminal acetylenes is 1. The number of ether oxygens (including phenoxy) is 1. The van der Waals surface area contributed by atoms with Gasteiger partial charge >= 0.3 is 6.03 Å². The predicted molar refractivity (Wildman–Crippen MR) is 104 cm³/mol. The third-order valence-electron chi connectivity index (χ3n) is 4.79. The van der Waals surface area contributed by atoms with Gasteiger partial charge in [0.1, 0.15) is 0 Å². The number of hydrogen-bond acceptors (Lipinski definition) is 5. The van der Waals surface area contributed by atoms with Crippen LogP contribution in [-0.2, 0) is 11.3 Å². The highest BCUT2D eigenvalue weighted by Crippen LogP contribution is 2.36. The van der Waals surface area contributed by atoms with E-state index < -0.39 is 5.66 Å². The molecule has 8 nitrogen and oxygen atoms in total. The zero-order chi connectivity index (χ0) is 19.8. The minimum absolute atomic E-state index is 0.118. The minimum atomic E-state index is -0.398. The molecule has 1 fully saturated rings. The van der Waals surface area contributed by atoms with Gasteiger partial charge in [0.25, 0.3) is 5.91 Å². The maximum absolute atomic E-state index is 12.4. The van der Waals surface area contributed by atoms with Crippen molar-refractivity contribution in [1.29, 1.82) is 0 Å². The number of morpholine rings is 1. The second-order valence-corrected chi connectivity index (χ2v) is 6.85. The Morgan fingerprint density at radius 3 is 2.71 bits per heavy atom. The monoisotopic (exact) mass is 383 g/mol. The molecule has 3 rings (SSSR count). The Balaban J connectivity index is 1.44. The second kappa shape index (κ2) is 9.33. The van der Waals surface area contributed by atoms with E-state index in [2.05, 4.69) is 26.8 Å².